The van der Waals surface area contributed by atoms with Crippen LogP contribution in [0.5, 0.6) is 5.75 Å². The van der Waals surface area contributed by atoms with Gasteiger partial charge in [0.2, 0.25) is 0 Å². The molecule has 1 aromatic rings. The second-order valence-corrected chi connectivity index (χ2v) is 5.33. The Hall–Kier alpha value is -1.02. The van der Waals surface area contributed by atoms with Crippen LogP contribution in [0.25, 0.3) is 0 Å². The van der Waals surface area contributed by atoms with E-state index in [0.717, 1.165) is 30.6 Å². The first-order valence-electron chi connectivity index (χ1n) is 6.53. The SMILES string of the molecule is Cc1ccc(C(C)C)cc1O[C@@H]1CCC[C@H]1O. The van der Waals surface area contributed by atoms with Crippen LogP contribution in [-0.2, 0) is 0 Å². The zero-order valence-corrected chi connectivity index (χ0v) is 10.9. The van der Waals surface area contributed by atoms with Crippen LogP contribution in [-0.4, -0.2) is 17.3 Å². The van der Waals surface area contributed by atoms with E-state index in [9.17, 15) is 5.11 Å². The van der Waals surface area contributed by atoms with Crippen LogP contribution in [0.2, 0.25) is 0 Å². The van der Waals surface area contributed by atoms with Crippen LogP contribution in [0.1, 0.15) is 50.2 Å². The average molecular weight is 234 g/mol. The minimum Gasteiger partial charge on any atom is -0.487 e. The molecule has 1 fully saturated rings. The lowest BCUT2D eigenvalue weighted by atomic mass is 10.0. The van der Waals surface area contributed by atoms with E-state index in [4.69, 9.17) is 4.74 Å². The molecule has 2 nitrogen and oxygen atoms in total. The van der Waals surface area contributed by atoms with Crippen LogP contribution < -0.4 is 4.74 Å². The van der Waals surface area contributed by atoms with E-state index in [-0.39, 0.29) is 12.2 Å². The first-order chi connectivity index (χ1) is 8.08. The second-order valence-electron chi connectivity index (χ2n) is 5.33. The molecule has 2 heteroatoms. The van der Waals surface area contributed by atoms with Crippen molar-refractivity contribution in [3.8, 4) is 5.75 Å². The Bertz CT molecular complexity index is 385. The summed E-state index contributed by atoms with van der Waals surface area (Å²) in [5.74, 6) is 1.44. The van der Waals surface area contributed by atoms with Crippen LogP contribution in [0.4, 0.5) is 0 Å². The normalized spacial score (nSPS) is 24.3. The first kappa shape index (κ1) is 12.4. The van der Waals surface area contributed by atoms with Gasteiger partial charge in [-0.3, -0.25) is 0 Å². The summed E-state index contributed by atoms with van der Waals surface area (Å²) in [6.45, 7) is 6.42. The summed E-state index contributed by atoms with van der Waals surface area (Å²) >= 11 is 0. The highest BCUT2D eigenvalue weighted by atomic mass is 16.5. The molecular weight excluding hydrogens is 212 g/mol. The molecule has 1 aliphatic carbocycles. The molecule has 1 aromatic carbocycles. The van der Waals surface area contributed by atoms with Gasteiger partial charge in [-0.05, 0) is 49.3 Å². The van der Waals surface area contributed by atoms with Crippen molar-refractivity contribution >= 4 is 0 Å². The lowest BCUT2D eigenvalue weighted by Crippen LogP contribution is -2.25. The summed E-state index contributed by atoms with van der Waals surface area (Å²) in [5.41, 5.74) is 2.44. The zero-order valence-electron chi connectivity index (χ0n) is 10.9. The van der Waals surface area contributed by atoms with Crippen molar-refractivity contribution in [3.05, 3.63) is 29.3 Å². The molecule has 17 heavy (non-hydrogen) atoms. The second kappa shape index (κ2) is 5.09. The third kappa shape index (κ3) is 2.81. The molecule has 2 rings (SSSR count). The number of ether oxygens (including phenoxy) is 1. The summed E-state index contributed by atoms with van der Waals surface area (Å²) in [7, 11) is 0. The lowest BCUT2D eigenvalue weighted by molar-refractivity contribution is 0.0599. The quantitative estimate of drug-likeness (QED) is 0.868. The fourth-order valence-corrected chi connectivity index (χ4v) is 2.31. The Morgan fingerprint density at radius 3 is 2.65 bits per heavy atom. The summed E-state index contributed by atoms with van der Waals surface area (Å²) in [4.78, 5) is 0. The van der Waals surface area contributed by atoms with Crippen molar-refractivity contribution in [2.45, 2.75) is 58.2 Å². The number of hydrogen-bond acceptors (Lipinski definition) is 2. The van der Waals surface area contributed by atoms with Gasteiger partial charge in [-0.1, -0.05) is 26.0 Å². The van der Waals surface area contributed by atoms with Gasteiger partial charge in [-0.25, -0.2) is 0 Å². The maximum Gasteiger partial charge on any atom is 0.124 e. The van der Waals surface area contributed by atoms with Gasteiger partial charge >= 0.3 is 0 Å². The molecule has 94 valence electrons. The minimum atomic E-state index is -0.294. The molecule has 1 N–H and O–H groups in total. The highest BCUT2D eigenvalue weighted by Crippen LogP contribution is 2.29. The fraction of sp³-hybridized carbons (Fsp3) is 0.600. The lowest BCUT2D eigenvalue weighted by Gasteiger charge is -2.19. The smallest absolute Gasteiger partial charge is 0.124 e. The maximum atomic E-state index is 9.79. The van der Waals surface area contributed by atoms with Gasteiger partial charge in [0.15, 0.2) is 0 Å². The summed E-state index contributed by atoms with van der Waals surface area (Å²) < 4.78 is 5.96. The molecule has 0 saturated heterocycles. The molecule has 0 heterocycles. The van der Waals surface area contributed by atoms with Gasteiger partial charge in [0.25, 0.3) is 0 Å². The topological polar surface area (TPSA) is 29.5 Å². The van der Waals surface area contributed by atoms with Gasteiger partial charge in [-0.15, -0.1) is 0 Å². The van der Waals surface area contributed by atoms with Gasteiger partial charge in [0.1, 0.15) is 11.9 Å². The molecule has 0 unspecified atom stereocenters. The highest BCUT2D eigenvalue weighted by Gasteiger charge is 2.27. The van der Waals surface area contributed by atoms with Crippen molar-refractivity contribution in [2.75, 3.05) is 0 Å². The number of rotatable bonds is 3. The fourth-order valence-electron chi connectivity index (χ4n) is 2.31. The Morgan fingerprint density at radius 1 is 1.29 bits per heavy atom. The third-order valence-electron chi connectivity index (χ3n) is 3.57. The van der Waals surface area contributed by atoms with Crippen LogP contribution >= 0.6 is 0 Å². The van der Waals surface area contributed by atoms with Crippen LogP contribution in [0.15, 0.2) is 18.2 Å². The van der Waals surface area contributed by atoms with Crippen LogP contribution in [0.3, 0.4) is 0 Å². The number of hydrogen-bond donors (Lipinski definition) is 1. The molecule has 0 spiro atoms. The average Bonchev–Trinajstić information content (AvgIpc) is 2.67. The van der Waals surface area contributed by atoms with Gasteiger partial charge in [0.05, 0.1) is 6.10 Å². The Labute approximate surface area is 104 Å². The van der Waals surface area contributed by atoms with Crippen molar-refractivity contribution < 1.29 is 9.84 Å². The minimum absolute atomic E-state index is 0.0175. The molecule has 0 radical (unpaired) electrons. The van der Waals surface area contributed by atoms with E-state index >= 15 is 0 Å². The predicted molar refractivity (Wildman–Crippen MR) is 69.5 cm³/mol. The van der Waals surface area contributed by atoms with E-state index in [1.54, 1.807) is 0 Å². The molecule has 0 bridgehead atoms. The van der Waals surface area contributed by atoms with Crippen molar-refractivity contribution in [1.29, 1.82) is 0 Å². The highest BCUT2D eigenvalue weighted by molar-refractivity contribution is 5.38. The van der Waals surface area contributed by atoms with E-state index in [0.29, 0.717) is 5.92 Å². The molecular formula is C15H22O2. The van der Waals surface area contributed by atoms with E-state index in [2.05, 4.69) is 39.0 Å². The number of aliphatic hydroxyl groups is 1. The Kier molecular flexibility index (Phi) is 3.72. The predicted octanol–water partition coefficient (Wildman–Crippen LogP) is 3.41. The summed E-state index contributed by atoms with van der Waals surface area (Å²) in [6, 6.07) is 6.37. The maximum absolute atomic E-state index is 9.79. The van der Waals surface area contributed by atoms with Crippen molar-refractivity contribution in [1.82, 2.24) is 0 Å². The number of aliphatic hydroxyl groups excluding tert-OH is 1. The van der Waals surface area contributed by atoms with Gasteiger partial charge in [-0.2, -0.15) is 0 Å². The number of aryl methyl sites for hydroxylation is 1. The van der Waals surface area contributed by atoms with E-state index < -0.39 is 0 Å². The molecule has 1 saturated carbocycles. The zero-order chi connectivity index (χ0) is 12.4. The molecule has 0 amide bonds. The Balaban J connectivity index is 2.16. The molecule has 0 aliphatic heterocycles. The van der Waals surface area contributed by atoms with Crippen molar-refractivity contribution in [3.63, 3.8) is 0 Å². The van der Waals surface area contributed by atoms with Crippen molar-refractivity contribution in [2.24, 2.45) is 0 Å². The van der Waals surface area contributed by atoms with Crippen LogP contribution in [0, 0.1) is 6.92 Å². The summed E-state index contributed by atoms with van der Waals surface area (Å²) in [6.07, 6.45) is 2.59. The van der Waals surface area contributed by atoms with E-state index in [1.165, 1.54) is 5.56 Å². The first-order valence-corrected chi connectivity index (χ1v) is 6.53. The molecule has 2 atom stereocenters. The number of benzene rings is 1. The monoisotopic (exact) mass is 234 g/mol. The molecule has 0 aromatic heterocycles. The Morgan fingerprint density at radius 2 is 2.06 bits per heavy atom. The van der Waals surface area contributed by atoms with Gasteiger partial charge in [0, 0.05) is 0 Å². The molecule has 1 aliphatic rings. The third-order valence-corrected chi connectivity index (χ3v) is 3.57. The van der Waals surface area contributed by atoms with Gasteiger partial charge < -0.3 is 9.84 Å². The van der Waals surface area contributed by atoms with E-state index in [1.807, 2.05) is 0 Å². The largest absolute Gasteiger partial charge is 0.487 e. The summed E-state index contributed by atoms with van der Waals surface area (Å²) in [5, 5.41) is 9.79. The standard InChI is InChI=1S/C15H22O2/c1-10(2)12-8-7-11(3)15(9-12)17-14-6-4-5-13(14)16/h7-10,13-14,16H,4-6H2,1-3H3/t13-,14-/m1/s1.